The summed E-state index contributed by atoms with van der Waals surface area (Å²) in [6, 6.07) is 2.39. The molecule has 110 valence electrons. The van der Waals surface area contributed by atoms with Crippen LogP contribution in [-0.4, -0.2) is 22.8 Å². The maximum absolute atomic E-state index is 9.43. The fraction of sp³-hybridized carbons (Fsp3) is 0.667. The Morgan fingerprint density at radius 3 is 2.40 bits per heavy atom. The molecule has 0 fully saturated rings. The Kier molecular flexibility index (Phi) is 6.40. The number of anilines is 1. The van der Waals surface area contributed by atoms with Gasteiger partial charge in [-0.05, 0) is 30.7 Å². The largest absolute Gasteiger partial charge is 0.363 e. The Balaban J connectivity index is 3.09. The van der Waals surface area contributed by atoms with Crippen LogP contribution in [0.3, 0.4) is 0 Å². The molecule has 1 atom stereocenters. The lowest BCUT2D eigenvalue weighted by Gasteiger charge is -2.20. The SMILES string of the molecule is CCc1nnc(NC(CN)CC(C)C)c(C#N)c1CC. The Morgan fingerprint density at radius 1 is 1.25 bits per heavy atom. The van der Waals surface area contributed by atoms with Gasteiger partial charge >= 0.3 is 0 Å². The Morgan fingerprint density at radius 2 is 1.95 bits per heavy atom. The summed E-state index contributed by atoms with van der Waals surface area (Å²) in [5.41, 5.74) is 8.30. The van der Waals surface area contributed by atoms with Crippen molar-refractivity contribution in [3.63, 3.8) is 0 Å². The van der Waals surface area contributed by atoms with E-state index in [9.17, 15) is 5.26 Å². The van der Waals surface area contributed by atoms with Gasteiger partial charge in [-0.3, -0.25) is 0 Å². The lowest BCUT2D eigenvalue weighted by Crippen LogP contribution is -2.31. The summed E-state index contributed by atoms with van der Waals surface area (Å²) in [5.74, 6) is 1.10. The smallest absolute Gasteiger partial charge is 0.167 e. The van der Waals surface area contributed by atoms with Gasteiger partial charge in [-0.1, -0.05) is 27.7 Å². The van der Waals surface area contributed by atoms with Crippen molar-refractivity contribution in [2.24, 2.45) is 11.7 Å². The highest BCUT2D eigenvalue weighted by Gasteiger charge is 2.17. The van der Waals surface area contributed by atoms with Gasteiger partial charge in [0.15, 0.2) is 5.82 Å². The summed E-state index contributed by atoms with van der Waals surface area (Å²) in [6.07, 6.45) is 2.52. The summed E-state index contributed by atoms with van der Waals surface area (Å²) < 4.78 is 0. The van der Waals surface area contributed by atoms with Crippen molar-refractivity contribution in [2.75, 3.05) is 11.9 Å². The molecule has 0 amide bonds. The molecule has 3 N–H and O–H groups in total. The fourth-order valence-electron chi connectivity index (χ4n) is 2.37. The van der Waals surface area contributed by atoms with Crippen molar-refractivity contribution in [3.8, 4) is 6.07 Å². The minimum Gasteiger partial charge on any atom is -0.363 e. The molecule has 20 heavy (non-hydrogen) atoms. The standard InChI is InChI=1S/C15H25N5/c1-5-12-13(9-17)15(20-19-14(12)6-2)18-11(8-16)7-10(3)4/h10-11H,5-8,16H2,1-4H3,(H,18,20). The summed E-state index contributed by atoms with van der Waals surface area (Å²) in [6.45, 7) is 8.88. The molecule has 1 unspecified atom stereocenters. The lowest BCUT2D eigenvalue weighted by molar-refractivity contribution is 0.520. The first-order valence-corrected chi connectivity index (χ1v) is 7.32. The minimum absolute atomic E-state index is 0.119. The van der Waals surface area contributed by atoms with Gasteiger partial charge < -0.3 is 11.1 Å². The minimum atomic E-state index is 0.119. The van der Waals surface area contributed by atoms with Gasteiger partial charge in [-0.15, -0.1) is 5.10 Å². The molecular weight excluding hydrogens is 250 g/mol. The van der Waals surface area contributed by atoms with E-state index >= 15 is 0 Å². The van der Waals surface area contributed by atoms with Crippen LogP contribution >= 0.6 is 0 Å². The molecule has 0 radical (unpaired) electrons. The zero-order chi connectivity index (χ0) is 15.1. The van der Waals surface area contributed by atoms with Crippen molar-refractivity contribution in [3.05, 3.63) is 16.8 Å². The number of aryl methyl sites for hydroxylation is 1. The first kappa shape index (κ1) is 16.4. The zero-order valence-corrected chi connectivity index (χ0v) is 12.9. The fourth-order valence-corrected chi connectivity index (χ4v) is 2.37. The average molecular weight is 275 g/mol. The van der Waals surface area contributed by atoms with Gasteiger partial charge in [-0.2, -0.15) is 10.4 Å². The topological polar surface area (TPSA) is 87.6 Å². The summed E-state index contributed by atoms with van der Waals surface area (Å²) in [4.78, 5) is 0. The second kappa shape index (κ2) is 7.81. The first-order chi connectivity index (χ1) is 9.57. The second-order valence-electron chi connectivity index (χ2n) is 5.37. The predicted molar refractivity (Wildman–Crippen MR) is 81.4 cm³/mol. The molecule has 5 heteroatoms. The highest BCUT2D eigenvalue weighted by molar-refractivity contribution is 5.56. The van der Waals surface area contributed by atoms with E-state index < -0.39 is 0 Å². The van der Waals surface area contributed by atoms with E-state index in [4.69, 9.17) is 5.73 Å². The molecule has 1 rings (SSSR count). The van der Waals surface area contributed by atoms with Crippen LogP contribution in [0.5, 0.6) is 0 Å². The number of aromatic nitrogens is 2. The number of hydrogen-bond acceptors (Lipinski definition) is 5. The molecule has 0 bridgehead atoms. The van der Waals surface area contributed by atoms with Gasteiger partial charge in [-0.25, -0.2) is 0 Å². The van der Waals surface area contributed by atoms with Crippen LogP contribution in [0.1, 0.15) is 50.9 Å². The molecule has 5 nitrogen and oxygen atoms in total. The second-order valence-corrected chi connectivity index (χ2v) is 5.37. The monoisotopic (exact) mass is 275 g/mol. The maximum Gasteiger partial charge on any atom is 0.167 e. The number of nitrogens with two attached hydrogens (primary N) is 1. The van der Waals surface area contributed by atoms with E-state index in [2.05, 4.69) is 35.4 Å². The molecule has 0 spiro atoms. The third-order valence-corrected chi connectivity index (χ3v) is 3.34. The molecule has 0 aliphatic heterocycles. The maximum atomic E-state index is 9.43. The van der Waals surface area contributed by atoms with Gasteiger partial charge in [0.05, 0.1) is 5.69 Å². The highest BCUT2D eigenvalue weighted by Crippen LogP contribution is 2.21. The number of nitrogens with zero attached hydrogens (tertiary/aromatic N) is 3. The molecule has 0 aromatic carbocycles. The predicted octanol–water partition coefficient (Wildman–Crippen LogP) is 2.26. The van der Waals surface area contributed by atoms with E-state index in [1.54, 1.807) is 0 Å². The zero-order valence-electron chi connectivity index (χ0n) is 12.9. The highest BCUT2D eigenvalue weighted by atomic mass is 15.2. The molecule has 0 aliphatic rings. The van der Waals surface area contributed by atoms with Crippen molar-refractivity contribution in [2.45, 2.75) is 53.0 Å². The van der Waals surface area contributed by atoms with Crippen LogP contribution in [0.4, 0.5) is 5.82 Å². The lowest BCUT2D eigenvalue weighted by atomic mass is 10.0. The van der Waals surface area contributed by atoms with E-state index in [1.807, 2.05) is 13.8 Å². The molecule has 1 aromatic heterocycles. The molecule has 0 saturated heterocycles. The third-order valence-electron chi connectivity index (χ3n) is 3.34. The molecule has 1 heterocycles. The van der Waals surface area contributed by atoms with Crippen LogP contribution in [0.15, 0.2) is 0 Å². The summed E-state index contributed by atoms with van der Waals surface area (Å²) >= 11 is 0. The van der Waals surface area contributed by atoms with Gasteiger partial charge in [0.2, 0.25) is 0 Å². The Hall–Kier alpha value is -1.67. The van der Waals surface area contributed by atoms with Gasteiger partial charge in [0.25, 0.3) is 0 Å². The Labute approximate surface area is 121 Å². The molecule has 0 saturated carbocycles. The summed E-state index contributed by atoms with van der Waals surface area (Å²) in [5, 5.41) is 21.1. The van der Waals surface area contributed by atoms with Crippen molar-refractivity contribution >= 4 is 5.82 Å². The van der Waals surface area contributed by atoms with Crippen LogP contribution in [-0.2, 0) is 12.8 Å². The van der Waals surface area contributed by atoms with Crippen LogP contribution < -0.4 is 11.1 Å². The van der Waals surface area contributed by atoms with Gasteiger partial charge in [0, 0.05) is 12.6 Å². The first-order valence-electron chi connectivity index (χ1n) is 7.32. The van der Waals surface area contributed by atoms with Crippen molar-refractivity contribution in [1.29, 1.82) is 5.26 Å². The van der Waals surface area contributed by atoms with E-state index in [0.29, 0.717) is 23.8 Å². The number of nitrogens with one attached hydrogen (secondary N) is 1. The van der Waals surface area contributed by atoms with Crippen LogP contribution in [0, 0.1) is 17.2 Å². The quantitative estimate of drug-likeness (QED) is 0.797. The number of rotatable bonds is 7. The van der Waals surface area contributed by atoms with Crippen LogP contribution in [0.2, 0.25) is 0 Å². The number of hydrogen-bond donors (Lipinski definition) is 2. The molecule has 0 aliphatic carbocycles. The van der Waals surface area contributed by atoms with E-state index in [-0.39, 0.29) is 6.04 Å². The Bertz CT molecular complexity index is 476. The summed E-state index contributed by atoms with van der Waals surface area (Å²) in [7, 11) is 0. The van der Waals surface area contributed by atoms with Gasteiger partial charge in [0.1, 0.15) is 11.6 Å². The average Bonchev–Trinajstić information content (AvgIpc) is 2.45. The molecule has 1 aromatic rings. The number of nitriles is 1. The van der Waals surface area contributed by atoms with Crippen molar-refractivity contribution < 1.29 is 0 Å². The van der Waals surface area contributed by atoms with E-state index in [1.165, 1.54) is 0 Å². The third kappa shape index (κ3) is 3.91. The van der Waals surface area contributed by atoms with E-state index in [0.717, 1.165) is 30.5 Å². The van der Waals surface area contributed by atoms with Crippen LogP contribution in [0.25, 0.3) is 0 Å². The normalized spacial score (nSPS) is 12.2. The molecular formula is C15H25N5. The van der Waals surface area contributed by atoms with Crippen molar-refractivity contribution in [1.82, 2.24) is 10.2 Å².